The Bertz CT molecular complexity index is 522. The molecule has 0 aliphatic rings. The summed E-state index contributed by atoms with van der Waals surface area (Å²) in [7, 11) is 0. The van der Waals surface area contributed by atoms with Gasteiger partial charge in [-0.05, 0) is 11.3 Å². The molecular weight excluding hydrogens is 220 g/mol. The highest BCUT2D eigenvalue weighted by atomic mass is 32.2. The summed E-state index contributed by atoms with van der Waals surface area (Å²) in [4.78, 5) is 18.8. The number of hydrogen-bond donors (Lipinski definition) is 1. The van der Waals surface area contributed by atoms with Crippen molar-refractivity contribution in [1.82, 2.24) is 9.97 Å². The van der Waals surface area contributed by atoms with Crippen LogP contribution in [0.15, 0.2) is 46.5 Å². The maximum Gasteiger partial charge on any atom is 0.259 e. The van der Waals surface area contributed by atoms with Crippen LogP contribution < -0.4 is 5.56 Å². The van der Waals surface area contributed by atoms with E-state index in [1.807, 2.05) is 37.3 Å². The Morgan fingerprint density at radius 3 is 2.69 bits per heavy atom. The number of thioether (sulfide) groups is 1. The van der Waals surface area contributed by atoms with Crippen molar-refractivity contribution >= 4 is 11.8 Å². The van der Waals surface area contributed by atoms with Crippen molar-refractivity contribution < 1.29 is 0 Å². The van der Waals surface area contributed by atoms with Crippen LogP contribution >= 0.6 is 11.8 Å². The van der Waals surface area contributed by atoms with E-state index in [0.717, 1.165) is 11.3 Å². The molecule has 0 saturated carbocycles. The van der Waals surface area contributed by atoms with Gasteiger partial charge in [-0.25, -0.2) is 4.98 Å². The van der Waals surface area contributed by atoms with Crippen LogP contribution in [0.2, 0.25) is 0 Å². The van der Waals surface area contributed by atoms with Crippen molar-refractivity contribution in [2.24, 2.45) is 0 Å². The van der Waals surface area contributed by atoms with Crippen LogP contribution in [0.4, 0.5) is 0 Å². The van der Waals surface area contributed by atoms with Crippen LogP contribution in [0, 0.1) is 0 Å². The van der Waals surface area contributed by atoms with E-state index in [-0.39, 0.29) is 5.56 Å². The Morgan fingerprint density at radius 2 is 2.06 bits per heavy atom. The SMILES string of the molecule is CCSc1ncc(-c2ccccc2)c(=O)[nH]1. The third kappa shape index (κ3) is 2.33. The van der Waals surface area contributed by atoms with Gasteiger partial charge in [0.25, 0.3) is 5.56 Å². The molecule has 3 nitrogen and oxygen atoms in total. The van der Waals surface area contributed by atoms with Gasteiger partial charge in [-0.2, -0.15) is 0 Å². The largest absolute Gasteiger partial charge is 0.301 e. The van der Waals surface area contributed by atoms with Gasteiger partial charge in [0.05, 0.1) is 5.56 Å². The number of aromatic amines is 1. The smallest absolute Gasteiger partial charge is 0.259 e. The second-order valence-corrected chi connectivity index (χ2v) is 4.48. The Labute approximate surface area is 97.9 Å². The first-order valence-electron chi connectivity index (χ1n) is 5.09. The molecule has 0 bridgehead atoms. The Hall–Kier alpha value is -1.55. The van der Waals surface area contributed by atoms with E-state index < -0.39 is 0 Å². The van der Waals surface area contributed by atoms with Gasteiger partial charge in [-0.1, -0.05) is 49.0 Å². The maximum atomic E-state index is 11.8. The number of aromatic nitrogens is 2. The standard InChI is InChI=1S/C12H12N2OS/c1-2-16-12-13-8-10(11(15)14-12)9-6-4-3-5-7-9/h3-8H,2H2,1H3,(H,13,14,15). The zero-order chi connectivity index (χ0) is 11.4. The molecule has 0 amide bonds. The van der Waals surface area contributed by atoms with Crippen molar-refractivity contribution in [1.29, 1.82) is 0 Å². The summed E-state index contributed by atoms with van der Waals surface area (Å²) in [5.41, 5.74) is 1.42. The van der Waals surface area contributed by atoms with E-state index in [0.29, 0.717) is 10.7 Å². The van der Waals surface area contributed by atoms with E-state index in [1.54, 1.807) is 6.20 Å². The zero-order valence-corrected chi connectivity index (χ0v) is 9.75. The fourth-order valence-corrected chi connectivity index (χ4v) is 1.98. The maximum absolute atomic E-state index is 11.8. The molecule has 2 aromatic rings. The monoisotopic (exact) mass is 232 g/mol. The third-order valence-corrected chi connectivity index (χ3v) is 2.91. The number of rotatable bonds is 3. The van der Waals surface area contributed by atoms with Gasteiger partial charge >= 0.3 is 0 Å². The molecule has 2 rings (SSSR count). The summed E-state index contributed by atoms with van der Waals surface area (Å²) in [6.45, 7) is 2.02. The van der Waals surface area contributed by atoms with Crippen LogP contribution in [-0.4, -0.2) is 15.7 Å². The lowest BCUT2D eigenvalue weighted by Gasteiger charge is -2.01. The quantitative estimate of drug-likeness (QED) is 0.653. The molecule has 0 atom stereocenters. The Kier molecular flexibility index (Phi) is 3.41. The van der Waals surface area contributed by atoms with Crippen LogP contribution in [0.25, 0.3) is 11.1 Å². The van der Waals surface area contributed by atoms with E-state index in [4.69, 9.17) is 0 Å². The van der Waals surface area contributed by atoms with Crippen molar-refractivity contribution in [2.45, 2.75) is 12.1 Å². The number of H-pyrrole nitrogens is 1. The molecule has 0 aliphatic heterocycles. The summed E-state index contributed by atoms with van der Waals surface area (Å²) < 4.78 is 0. The normalized spacial score (nSPS) is 10.3. The van der Waals surface area contributed by atoms with Crippen LogP contribution in [0.5, 0.6) is 0 Å². The van der Waals surface area contributed by atoms with Gasteiger partial charge in [0.15, 0.2) is 5.16 Å². The Balaban J connectivity index is 2.41. The Morgan fingerprint density at radius 1 is 1.31 bits per heavy atom. The van der Waals surface area contributed by atoms with E-state index >= 15 is 0 Å². The van der Waals surface area contributed by atoms with Gasteiger partial charge in [0.1, 0.15) is 0 Å². The minimum absolute atomic E-state index is 0.0860. The lowest BCUT2D eigenvalue weighted by Crippen LogP contribution is -2.10. The number of hydrogen-bond acceptors (Lipinski definition) is 3. The summed E-state index contributed by atoms with van der Waals surface area (Å²) in [5, 5.41) is 0.673. The molecule has 1 aromatic heterocycles. The van der Waals surface area contributed by atoms with Crippen molar-refractivity contribution in [3.05, 3.63) is 46.9 Å². The summed E-state index contributed by atoms with van der Waals surface area (Å²) >= 11 is 1.53. The number of benzene rings is 1. The predicted molar refractivity (Wildman–Crippen MR) is 66.7 cm³/mol. The topological polar surface area (TPSA) is 45.8 Å². The van der Waals surface area contributed by atoms with Crippen molar-refractivity contribution in [3.63, 3.8) is 0 Å². The third-order valence-electron chi connectivity index (χ3n) is 2.14. The minimum Gasteiger partial charge on any atom is -0.301 e. The van der Waals surface area contributed by atoms with E-state index in [1.165, 1.54) is 11.8 Å². The highest BCUT2D eigenvalue weighted by molar-refractivity contribution is 7.99. The highest BCUT2D eigenvalue weighted by Crippen LogP contribution is 2.15. The average Bonchev–Trinajstić information content (AvgIpc) is 2.31. The molecule has 1 N–H and O–H groups in total. The van der Waals surface area contributed by atoms with Crippen LogP contribution in [-0.2, 0) is 0 Å². The van der Waals surface area contributed by atoms with Crippen LogP contribution in [0.3, 0.4) is 0 Å². The van der Waals surface area contributed by atoms with Crippen LogP contribution in [0.1, 0.15) is 6.92 Å². The van der Waals surface area contributed by atoms with E-state index in [9.17, 15) is 4.79 Å². The molecule has 0 radical (unpaired) electrons. The first-order chi connectivity index (χ1) is 7.81. The first kappa shape index (κ1) is 11.0. The summed E-state index contributed by atoms with van der Waals surface area (Å²) in [5.74, 6) is 0.896. The fraction of sp³-hybridized carbons (Fsp3) is 0.167. The van der Waals surface area contributed by atoms with Crippen molar-refractivity contribution in [3.8, 4) is 11.1 Å². The molecule has 1 heterocycles. The highest BCUT2D eigenvalue weighted by Gasteiger charge is 2.04. The van der Waals surface area contributed by atoms with Gasteiger partial charge < -0.3 is 4.98 Å². The number of nitrogens with zero attached hydrogens (tertiary/aromatic N) is 1. The molecule has 0 aliphatic carbocycles. The second-order valence-electron chi connectivity index (χ2n) is 3.23. The minimum atomic E-state index is -0.0860. The van der Waals surface area contributed by atoms with Gasteiger partial charge in [-0.15, -0.1) is 0 Å². The second kappa shape index (κ2) is 4.99. The predicted octanol–water partition coefficient (Wildman–Crippen LogP) is 2.55. The molecule has 1 aromatic carbocycles. The lowest BCUT2D eigenvalue weighted by atomic mass is 10.1. The molecule has 16 heavy (non-hydrogen) atoms. The number of nitrogens with one attached hydrogen (secondary N) is 1. The zero-order valence-electron chi connectivity index (χ0n) is 8.93. The summed E-state index contributed by atoms with van der Waals surface area (Å²) in [6, 6.07) is 9.54. The lowest BCUT2D eigenvalue weighted by molar-refractivity contribution is 0.941. The fourth-order valence-electron chi connectivity index (χ4n) is 1.41. The van der Waals surface area contributed by atoms with E-state index in [2.05, 4.69) is 9.97 Å². The van der Waals surface area contributed by atoms with Gasteiger partial charge in [-0.3, -0.25) is 4.79 Å². The first-order valence-corrected chi connectivity index (χ1v) is 6.07. The molecule has 0 unspecified atom stereocenters. The molecule has 0 saturated heterocycles. The van der Waals surface area contributed by atoms with Gasteiger partial charge in [0, 0.05) is 6.20 Å². The summed E-state index contributed by atoms with van der Waals surface area (Å²) in [6.07, 6.45) is 1.63. The molecule has 4 heteroatoms. The molecule has 82 valence electrons. The average molecular weight is 232 g/mol. The van der Waals surface area contributed by atoms with Crippen molar-refractivity contribution in [2.75, 3.05) is 5.75 Å². The molecule has 0 spiro atoms. The van der Waals surface area contributed by atoms with Gasteiger partial charge in [0.2, 0.25) is 0 Å². The molecule has 0 fully saturated rings. The molecular formula is C12H12N2OS.